The summed E-state index contributed by atoms with van der Waals surface area (Å²) in [4.78, 5) is 0. The molecule has 0 saturated heterocycles. The largest absolute Gasteiger partial charge is 0.344 e. The zero-order valence-corrected chi connectivity index (χ0v) is 5.17. The second kappa shape index (κ2) is 33.8. The van der Waals surface area contributed by atoms with E-state index in [9.17, 15) is 0 Å². The van der Waals surface area contributed by atoms with Crippen LogP contribution in [-0.2, 0) is 26.2 Å². The predicted molar refractivity (Wildman–Crippen MR) is 17.5 cm³/mol. The van der Waals surface area contributed by atoms with Gasteiger partial charge in [0.05, 0.1) is 0 Å². The van der Waals surface area contributed by atoms with Gasteiger partial charge in [0.1, 0.15) is 0 Å². The third kappa shape index (κ3) is 11.6. The van der Waals surface area contributed by atoms with Crippen LogP contribution in [0.1, 0.15) is 7.43 Å². The van der Waals surface area contributed by atoms with Crippen molar-refractivity contribution < 1.29 is 26.2 Å². The quantitative estimate of drug-likeness (QED) is 0.502. The molecule has 0 heterocycles. The molecule has 0 aliphatic carbocycles. The first-order valence-electron chi connectivity index (χ1n) is 0. The molecule has 4 radical (unpaired) electrons. The fourth-order valence-electron chi connectivity index (χ4n) is 0. The molecule has 24 valence electrons. The number of hydrogen-bond donors (Lipinski definition) is 1. The summed E-state index contributed by atoms with van der Waals surface area (Å²) in [5.41, 5.74) is 0. The summed E-state index contributed by atoms with van der Waals surface area (Å²) >= 11 is 0. The maximum Gasteiger partial charge on any atom is 0 e. The molecular formula is CH7NSiZr. The summed E-state index contributed by atoms with van der Waals surface area (Å²) in [6, 6.07) is 0. The van der Waals surface area contributed by atoms with Gasteiger partial charge < -0.3 is 6.15 Å². The van der Waals surface area contributed by atoms with E-state index in [1.54, 1.807) is 0 Å². The van der Waals surface area contributed by atoms with E-state index in [0.29, 0.717) is 0 Å². The minimum absolute atomic E-state index is 0. The number of hydrogen-bond acceptors (Lipinski definition) is 1. The molecule has 0 aliphatic rings. The molecule has 1 nitrogen and oxygen atoms in total. The van der Waals surface area contributed by atoms with Gasteiger partial charge in [0.25, 0.3) is 0 Å². The standard InChI is InChI=1S/CH4.H3N.Si.Zr/h1H4;1H3;;. The first-order chi connectivity index (χ1) is 0. The van der Waals surface area contributed by atoms with Gasteiger partial charge in [-0.25, -0.2) is 0 Å². The molecule has 0 spiro atoms. The van der Waals surface area contributed by atoms with E-state index in [0.717, 1.165) is 0 Å². The minimum Gasteiger partial charge on any atom is -0.344 e. The maximum absolute atomic E-state index is 0. The van der Waals surface area contributed by atoms with Gasteiger partial charge in [-0.15, -0.1) is 0 Å². The predicted octanol–water partition coefficient (Wildman–Crippen LogP) is 0.415. The molecule has 3 N–H and O–H groups in total. The smallest absolute Gasteiger partial charge is 0 e. The van der Waals surface area contributed by atoms with Crippen molar-refractivity contribution in [3.63, 3.8) is 0 Å². The first kappa shape index (κ1) is 74.2. The van der Waals surface area contributed by atoms with Crippen LogP contribution in [0.25, 0.3) is 0 Å². The van der Waals surface area contributed by atoms with Crippen molar-refractivity contribution in [2.45, 2.75) is 7.43 Å². The first-order valence-corrected chi connectivity index (χ1v) is 0. The van der Waals surface area contributed by atoms with Crippen molar-refractivity contribution in [2.24, 2.45) is 0 Å². The maximum atomic E-state index is 0. The van der Waals surface area contributed by atoms with E-state index in [2.05, 4.69) is 0 Å². The van der Waals surface area contributed by atoms with Crippen LogP contribution in [-0.4, -0.2) is 11.0 Å². The van der Waals surface area contributed by atoms with Crippen LogP contribution in [0.15, 0.2) is 0 Å². The average molecular weight is 152 g/mol. The van der Waals surface area contributed by atoms with E-state index in [4.69, 9.17) is 0 Å². The van der Waals surface area contributed by atoms with E-state index in [-0.39, 0.29) is 50.7 Å². The van der Waals surface area contributed by atoms with Gasteiger partial charge in [-0.3, -0.25) is 0 Å². The normalized spacial score (nSPS) is 0. The fourth-order valence-corrected chi connectivity index (χ4v) is 0. The van der Waals surface area contributed by atoms with Crippen molar-refractivity contribution in [3.8, 4) is 0 Å². The Morgan fingerprint density at radius 2 is 1.00 bits per heavy atom. The minimum atomic E-state index is 0. The molecule has 3 heteroatoms. The van der Waals surface area contributed by atoms with Gasteiger partial charge in [-0.2, -0.15) is 0 Å². The SMILES string of the molecule is C.N.[Si].[Zr]. The van der Waals surface area contributed by atoms with Crippen molar-refractivity contribution in [1.29, 1.82) is 0 Å². The molecule has 0 atom stereocenters. The third-order valence-corrected chi connectivity index (χ3v) is 0. The summed E-state index contributed by atoms with van der Waals surface area (Å²) in [5.74, 6) is 0. The van der Waals surface area contributed by atoms with E-state index in [1.807, 2.05) is 0 Å². The van der Waals surface area contributed by atoms with Crippen molar-refractivity contribution in [3.05, 3.63) is 0 Å². The zero-order valence-electron chi connectivity index (χ0n) is 1.71. The molecule has 0 aliphatic heterocycles. The summed E-state index contributed by atoms with van der Waals surface area (Å²) < 4.78 is 0. The fraction of sp³-hybridized carbons (Fsp3) is 1.00. The topological polar surface area (TPSA) is 35.0 Å². The molecule has 0 aromatic heterocycles. The van der Waals surface area contributed by atoms with Crippen LogP contribution in [0.4, 0.5) is 0 Å². The van der Waals surface area contributed by atoms with Gasteiger partial charge in [0, 0.05) is 37.2 Å². The molecule has 0 unspecified atom stereocenters. The van der Waals surface area contributed by atoms with Crippen LogP contribution in [0.5, 0.6) is 0 Å². The monoisotopic (exact) mass is 151 g/mol. The van der Waals surface area contributed by atoms with Crippen molar-refractivity contribution >= 4 is 11.0 Å². The molecule has 0 fully saturated rings. The van der Waals surface area contributed by atoms with E-state index >= 15 is 0 Å². The molecule has 0 saturated carbocycles. The summed E-state index contributed by atoms with van der Waals surface area (Å²) in [7, 11) is 0. The Kier molecular flexibility index (Phi) is 628. The molecule has 0 amide bonds. The van der Waals surface area contributed by atoms with Gasteiger partial charge in [-0.1, -0.05) is 7.43 Å². The second-order valence-corrected chi connectivity index (χ2v) is 0. The average Bonchev–Trinajstić information content (AvgIpc) is 0. The molecule has 4 heavy (non-hydrogen) atoms. The van der Waals surface area contributed by atoms with Gasteiger partial charge in [-0.05, 0) is 0 Å². The van der Waals surface area contributed by atoms with Gasteiger partial charge in [0.15, 0.2) is 0 Å². The van der Waals surface area contributed by atoms with E-state index < -0.39 is 0 Å². The van der Waals surface area contributed by atoms with Crippen LogP contribution in [0.3, 0.4) is 0 Å². The Morgan fingerprint density at radius 3 is 1.00 bits per heavy atom. The summed E-state index contributed by atoms with van der Waals surface area (Å²) in [6.07, 6.45) is 0. The Balaban J connectivity index is 0. The third-order valence-electron chi connectivity index (χ3n) is 0. The Bertz CT molecular complexity index is 8.00. The Morgan fingerprint density at radius 1 is 1.00 bits per heavy atom. The summed E-state index contributed by atoms with van der Waals surface area (Å²) in [5, 5.41) is 0. The number of rotatable bonds is 0. The van der Waals surface area contributed by atoms with Crippen LogP contribution in [0.2, 0.25) is 0 Å². The van der Waals surface area contributed by atoms with Gasteiger partial charge in [0.2, 0.25) is 0 Å². The zero-order chi connectivity index (χ0) is 0. The van der Waals surface area contributed by atoms with Crippen molar-refractivity contribution in [1.82, 2.24) is 6.15 Å². The van der Waals surface area contributed by atoms with Crippen LogP contribution >= 0.6 is 0 Å². The molecule has 0 bridgehead atoms. The molecule has 0 rings (SSSR count). The van der Waals surface area contributed by atoms with Crippen LogP contribution < -0.4 is 6.15 Å². The molecule has 0 aromatic carbocycles. The van der Waals surface area contributed by atoms with Crippen LogP contribution in [0, 0.1) is 0 Å². The second-order valence-electron chi connectivity index (χ2n) is 0. The Hall–Kier alpha value is 1.06. The van der Waals surface area contributed by atoms with E-state index in [1.165, 1.54) is 0 Å². The van der Waals surface area contributed by atoms with Gasteiger partial charge >= 0.3 is 0 Å². The molecule has 0 aromatic rings. The molecular weight excluding hydrogens is 145 g/mol. The summed E-state index contributed by atoms with van der Waals surface area (Å²) in [6.45, 7) is 0. The Labute approximate surface area is 50.9 Å². The van der Waals surface area contributed by atoms with Crippen molar-refractivity contribution in [2.75, 3.05) is 0 Å².